The highest BCUT2D eigenvalue weighted by Gasteiger charge is 2.13. The number of aromatic nitrogens is 1. The Morgan fingerprint density at radius 3 is 2.78 bits per heavy atom. The maximum absolute atomic E-state index is 13.8. The van der Waals surface area contributed by atoms with Gasteiger partial charge >= 0.3 is 0 Å². The number of halogens is 1. The van der Waals surface area contributed by atoms with Crippen LogP contribution in [-0.2, 0) is 0 Å². The highest BCUT2D eigenvalue weighted by atomic mass is 19.1. The molecule has 0 aliphatic carbocycles. The van der Waals surface area contributed by atoms with E-state index in [1.165, 1.54) is 32.2 Å². The Morgan fingerprint density at radius 1 is 1.33 bits per heavy atom. The van der Waals surface area contributed by atoms with Crippen molar-refractivity contribution in [2.24, 2.45) is 0 Å². The lowest BCUT2D eigenvalue weighted by molar-refractivity contribution is 0.101. The van der Waals surface area contributed by atoms with Gasteiger partial charge in [0, 0.05) is 17.3 Å². The largest absolute Gasteiger partial charge is 0.494 e. The van der Waals surface area contributed by atoms with E-state index in [0.717, 1.165) is 0 Å². The molecular formula is C14H12FNO2. The fourth-order valence-electron chi connectivity index (χ4n) is 1.68. The fraction of sp³-hybridized carbons (Fsp3) is 0.143. The van der Waals surface area contributed by atoms with E-state index in [9.17, 15) is 9.18 Å². The molecule has 0 spiro atoms. The SMILES string of the molecule is COc1cccnc1-c1cc(C(C)=O)ccc1F. The molecule has 0 bridgehead atoms. The summed E-state index contributed by atoms with van der Waals surface area (Å²) in [4.78, 5) is 15.4. The zero-order valence-electron chi connectivity index (χ0n) is 10.1. The van der Waals surface area contributed by atoms with Crippen molar-refractivity contribution in [2.45, 2.75) is 6.92 Å². The lowest BCUT2D eigenvalue weighted by atomic mass is 10.0. The molecule has 0 fully saturated rings. The molecule has 4 heteroatoms. The molecular weight excluding hydrogens is 233 g/mol. The summed E-state index contributed by atoms with van der Waals surface area (Å²) in [6.07, 6.45) is 1.55. The van der Waals surface area contributed by atoms with Gasteiger partial charge in [-0.1, -0.05) is 0 Å². The molecule has 0 unspecified atom stereocenters. The van der Waals surface area contributed by atoms with Gasteiger partial charge in [0.2, 0.25) is 0 Å². The first-order valence-electron chi connectivity index (χ1n) is 5.43. The third-order valence-corrected chi connectivity index (χ3v) is 2.62. The number of rotatable bonds is 3. The van der Waals surface area contributed by atoms with E-state index in [1.807, 2.05) is 0 Å². The van der Waals surface area contributed by atoms with E-state index < -0.39 is 5.82 Å². The number of hydrogen-bond donors (Lipinski definition) is 0. The van der Waals surface area contributed by atoms with Crippen molar-refractivity contribution in [1.29, 1.82) is 0 Å². The molecule has 0 aliphatic heterocycles. The molecule has 2 rings (SSSR count). The second-order valence-electron chi connectivity index (χ2n) is 3.81. The third-order valence-electron chi connectivity index (χ3n) is 2.62. The summed E-state index contributed by atoms with van der Waals surface area (Å²) in [6, 6.07) is 7.61. The van der Waals surface area contributed by atoms with Crippen LogP contribution >= 0.6 is 0 Å². The van der Waals surface area contributed by atoms with Crippen LogP contribution in [-0.4, -0.2) is 17.9 Å². The highest BCUT2D eigenvalue weighted by molar-refractivity contribution is 5.95. The summed E-state index contributed by atoms with van der Waals surface area (Å²) < 4.78 is 19.0. The van der Waals surface area contributed by atoms with Crippen molar-refractivity contribution >= 4 is 5.78 Å². The number of pyridine rings is 1. The maximum atomic E-state index is 13.8. The van der Waals surface area contributed by atoms with Gasteiger partial charge in [-0.05, 0) is 37.3 Å². The average Bonchev–Trinajstić information content (AvgIpc) is 2.39. The van der Waals surface area contributed by atoms with Crippen LogP contribution in [0.3, 0.4) is 0 Å². The predicted octanol–water partition coefficient (Wildman–Crippen LogP) is 3.10. The quantitative estimate of drug-likeness (QED) is 0.780. The average molecular weight is 245 g/mol. The predicted molar refractivity (Wildman–Crippen MR) is 66.2 cm³/mol. The molecule has 92 valence electrons. The minimum Gasteiger partial charge on any atom is -0.494 e. The van der Waals surface area contributed by atoms with Gasteiger partial charge in [-0.3, -0.25) is 9.78 Å². The van der Waals surface area contributed by atoms with Gasteiger partial charge in [0.1, 0.15) is 17.3 Å². The van der Waals surface area contributed by atoms with Crippen molar-refractivity contribution in [3.8, 4) is 17.0 Å². The molecule has 0 N–H and O–H groups in total. The van der Waals surface area contributed by atoms with Crippen molar-refractivity contribution in [3.05, 3.63) is 47.9 Å². The molecule has 0 aliphatic rings. The van der Waals surface area contributed by atoms with Gasteiger partial charge in [0.25, 0.3) is 0 Å². The first kappa shape index (κ1) is 12.2. The van der Waals surface area contributed by atoms with Gasteiger partial charge in [-0.25, -0.2) is 4.39 Å². The number of Topliss-reactive ketones (excluding diaryl/α,β-unsaturated/α-hetero) is 1. The summed E-state index contributed by atoms with van der Waals surface area (Å²) in [5, 5.41) is 0. The number of carbonyl (C=O) groups is 1. The van der Waals surface area contributed by atoms with Crippen molar-refractivity contribution in [2.75, 3.05) is 7.11 Å². The highest BCUT2D eigenvalue weighted by Crippen LogP contribution is 2.30. The second-order valence-corrected chi connectivity index (χ2v) is 3.81. The number of methoxy groups -OCH3 is 1. The first-order chi connectivity index (χ1) is 8.63. The Kier molecular flexibility index (Phi) is 3.37. The van der Waals surface area contributed by atoms with E-state index in [4.69, 9.17) is 4.74 Å². The van der Waals surface area contributed by atoms with Gasteiger partial charge < -0.3 is 4.74 Å². The summed E-state index contributed by atoms with van der Waals surface area (Å²) in [5.41, 5.74) is 1.10. The first-order valence-corrected chi connectivity index (χ1v) is 5.43. The number of nitrogens with zero attached hydrogens (tertiary/aromatic N) is 1. The molecule has 3 nitrogen and oxygen atoms in total. The number of benzene rings is 1. The lowest BCUT2D eigenvalue weighted by Gasteiger charge is -2.09. The van der Waals surface area contributed by atoms with E-state index in [0.29, 0.717) is 17.0 Å². The summed E-state index contributed by atoms with van der Waals surface area (Å²) in [5.74, 6) is -0.0831. The monoisotopic (exact) mass is 245 g/mol. The Balaban J connectivity index is 2.62. The minimum absolute atomic E-state index is 0.119. The Bertz CT molecular complexity index is 596. The van der Waals surface area contributed by atoms with Crippen LogP contribution in [0.15, 0.2) is 36.5 Å². The molecule has 1 heterocycles. The molecule has 1 aromatic heterocycles. The van der Waals surface area contributed by atoms with Crippen LogP contribution in [0.25, 0.3) is 11.3 Å². The van der Waals surface area contributed by atoms with Gasteiger partial charge in [-0.2, -0.15) is 0 Å². The maximum Gasteiger partial charge on any atom is 0.159 e. The number of carbonyl (C=O) groups excluding carboxylic acids is 1. The Morgan fingerprint density at radius 2 is 2.11 bits per heavy atom. The molecule has 0 amide bonds. The molecule has 2 aromatic rings. The van der Waals surface area contributed by atoms with Gasteiger partial charge in [0.05, 0.1) is 7.11 Å². The van der Waals surface area contributed by atoms with Crippen molar-refractivity contribution < 1.29 is 13.9 Å². The summed E-state index contributed by atoms with van der Waals surface area (Å²) in [7, 11) is 1.49. The van der Waals surface area contributed by atoms with E-state index >= 15 is 0 Å². The minimum atomic E-state index is -0.433. The topological polar surface area (TPSA) is 39.2 Å². The van der Waals surface area contributed by atoms with E-state index in [2.05, 4.69) is 4.98 Å². The second kappa shape index (κ2) is 4.96. The van der Waals surface area contributed by atoms with E-state index in [1.54, 1.807) is 18.3 Å². The Labute approximate surface area is 104 Å². The molecule has 18 heavy (non-hydrogen) atoms. The normalized spacial score (nSPS) is 10.2. The molecule has 0 saturated carbocycles. The lowest BCUT2D eigenvalue weighted by Crippen LogP contribution is -1.97. The fourth-order valence-corrected chi connectivity index (χ4v) is 1.68. The van der Waals surface area contributed by atoms with Crippen LogP contribution in [0.4, 0.5) is 4.39 Å². The van der Waals surface area contributed by atoms with Crippen LogP contribution in [0.5, 0.6) is 5.75 Å². The molecule has 0 saturated heterocycles. The molecule has 0 atom stereocenters. The van der Waals surface area contributed by atoms with Crippen molar-refractivity contribution in [3.63, 3.8) is 0 Å². The van der Waals surface area contributed by atoms with E-state index in [-0.39, 0.29) is 11.3 Å². The van der Waals surface area contributed by atoms with Gasteiger partial charge in [0.15, 0.2) is 5.78 Å². The zero-order chi connectivity index (χ0) is 13.1. The molecule has 0 radical (unpaired) electrons. The van der Waals surface area contributed by atoms with Gasteiger partial charge in [-0.15, -0.1) is 0 Å². The summed E-state index contributed by atoms with van der Waals surface area (Å²) >= 11 is 0. The van der Waals surface area contributed by atoms with Crippen molar-refractivity contribution in [1.82, 2.24) is 4.98 Å². The number of ketones is 1. The van der Waals surface area contributed by atoms with Crippen LogP contribution in [0.1, 0.15) is 17.3 Å². The smallest absolute Gasteiger partial charge is 0.159 e. The standard InChI is InChI=1S/C14H12FNO2/c1-9(17)10-5-6-12(15)11(8-10)14-13(18-2)4-3-7-16-14/h3-8H,1-2H3. The van der Waals surface area contributed by atoms with Crippen LogP contribution in [0.2, 0.25) is 0 Å². The summed E-state index contributed by atoms with van der Waals surface area (Å²) in [6.45, 7) is 1.44. The van der Waals surface area contributed by atoms with Crippen LogP contribution in [0, 0.1) is 5.82 Å². The zero-order valence-corrected chi connectivity index (χ0v) is 10.1. The number of ether oxygens (including phenoxy) is 1. The molecule has 1 aromatic carbocycles. The Hall–Kier alpha value is -2.23. The van der Waals surface area contributed by atoms with Crippen LogP contribution < -0.4 is 4.74 Å². The number of hydrogen-bond acceptors (Lipinski definition) is 3. The third kappa shape index (κ3) is 2.22.